The summed E-state index contributed by atoms with van der Waals surface area (Å²) in [7, 11) is 0. The van der Waals surface area contributed by atoms with E-state index < -0.39 is 6.04 Å². The Morgan fingerprint density at radius 3 is 2.08 bits per heavy atom. The van der Waals surface area contributed by atoms with E-state index in [0.717, 1.165) is 10.6 Å². The van der Waals surface area contributed by atoms with Crippen molar-refractivity contribution in [2.75, 3.05) is 31.1 Å². The molecule has 2 heterocycles. The molecule has 1 atom stereocenters. The van der Waals surface area contributed by atoms with E-state index >= 15 is 0 Å². The van der Waals surface area contributed by atoms with Gasteiger partial charge in [-0.1, -0.05) is 0 Å². The first-order chi connectivity index (χ1) is 11.5. The molecule has 2 aliphatic rings. The van der Waals surface area contributed by atoms with Gasteiger partial charge in [-0.3, -0.25) is 19.3 Å². The third-order valence-electron chi connectivity index (χ3n) is 4.62. The van der Waals surface area contributed by atoms with Crippen molar-refractivity contribution in [3.63, 3.8) is 0 Å². The van der Waals surface area contributed by atoms with Crippen LogP contribution in [0.4, 0.5) is 10.1 Å². The predicted octanol–water partition coefficient (Wildman–Crippen LogP) is 1.01. The predicted molar refractivity (Wildman–Crippen MR) is 85.7 cm³/mol. The number of anilines is 1. The van der Waals surface area contributed by atoms with Crippen LogP contribution in [0.2, 0.25) is 0 Å². The molecule has 128 valence electrons. The minimum atomic E-state index is -0.745. The highest BCUT2D eigenvalue weighted by molar-refractivity contribution is 6.05. The van der Waals surface area contributed by atoms with Crippen LogP contribution in [0.1, 0.15) is 19.8 Å². The second-order valence-corrected chi connectivity index (χ2v) is 6.12. The summed E-state index contributed by atoms with van der Waals surface area (Å²) in [6, 6.07) is 5.53. The number of imide groups is 1. The van der Waals surface area contributed by atoms with Crippen LogP contribution in [0.25, 0.3) is 0 Å². The minimum absolute atomic E-state index is 0.189. The molecule has 0 spiro atoms. The molecule has 0 bridgehead atoms. The van der Waals surface area contributed by atoms with Gasteiger partial charge in [-0.2, -0.15) is 0 Å². The normalized spacial score (nSPS) is 19.8. The highest BCUT2D eigenvalue weighted by Crippen LogP contribution is 2.20. The molecule has 24 heavy (non-hydrogen) atoms. The van der Waals surface area contributed by atoms with Crippen molar-refractivity contribution in [3.05, 3.63) is 30.1 Å². The molecule has 0 N–H and O–H groups in total. The molecule has 2 fully saturated rings. The van der Waals surface area contributed by atoms with Gasteiger partial charge in [-0.05, 0) is 31.2 Å². The van der Waals surface area contributed by atoms with Crippen molar-refractivity contribution in [2.24, 2.45) is 0 Å². The molecule has 2 saturated heterocycles. The van der Waals surface area contributed by atoms with E-state index in [9.17, 15) is 18.8 Å². The monoisotopic (exact) mass is 333 g/mol. The molecule has 0 saturated carbocycles. The first kappa shape index (κ1) is 16.4. The van der Waals surface area contributed by atoms with E-state index in [1.165, 1.54) is 12.1 Å². The third kappa shape index (κ3) is 3.11. The summed E-state index contributed by atoms with van der Waals surface area (Å²) in [6.07, 6.45) is 0.379. The molecule has 3 rings (SSSR count). The third-order valence-corrected chi connectivity index (χ3v) is 4.62. The Labute approximate surface area is 139 Å². The van der Waals surface area contributed by atoms with Crippen LogP contribution in [0.5, 0.6) is 0 Å². The summed E-state index contributed by atoms with van der Waals surface area (Å²) in [5.41, 5.74) is 0.918. The number of rotatable bonds is 3. The molecular formula is C17H20FN3O3. The summed E-state index contributed by atoms with van der Waals surface area (Å²) in [5, 5.41) is 0. The lowest BCUT2D eigenvalue weighted by molar-refractivity contribution is -0.150. The fourth-order valence-electron chi connectivity index (χ4n) is 3.24. The molecular weight excluding hydrogens is 313 g/mol. The maximum absolute atomic E-state index is 13.0. The van der Waals surface area contributed by atoms with Crippen molar-refractivity contribution in [2.45, 2.75) is 25.8 Å². The highest BCUT2D eigenvalue weighted by atomic mass is 19.1. The molecule has 0 aromatic heterocycles. The maximum Gasteiger partial charge on any atom is 0.245 e. The quantitative estimate of drug-likeness (QED) is 0.775. The van der Waals surface area contributed by atoms with Crippen LogP contribution in [0.15, 0.2) is 24.3 Å². The van der Waals surface area contributed by atoms with Gasteiger partial charge in [0.25, 0.3) is 0 Å². The van der Waals surface area contributed by atoms with E-state index in [1.807, 2.05) is 0 Å². The van der Waals surface area contributed by atoms with Crippen LogP contribution in [-0.2, 0) is 14.4 Å². The molecule has 3 amide bonds. The Morgan fingerprint density at radius 1 is 1.00 bits per heavy atom. The van der Waals surface area contributed by atoms with Gasteiger partial charge in [-0.25, -0.2) is 4.39 Å². The number of likely N-dealkylation sites (tertiary alicyclic amines) is 1. The smallest absolute Gasteiger partial charge is 0.245 e. The average molecular weight is 333 g/mol. The average Bonchev–Trinajstić information content (AvgIpc) is 2.93. The summed E-state index contributed by atoms with van der Waals surface area (Å²) in [6.45, 7) is 3.89. The topological polar surface area (TPSA) is 60.9 Å². The summed E-state index contributed by atoms with van der Waals surface area (Å²) < 4.78 is 13.0. The van der Waals surface area contributed by atoms with Gasteiger partial charge in [-0.15, -0.1) is 0 Å². The first-order valence-electron chi connectivity index (χ1n) is 8.11. The van der Waals surface area contributed by atoms with Crippen molar-refractivity contribution in [3.8, 4) is 0 Å². The Kier molecular flexibility index (Phi) is 4.51. The van der Waals surface area contributed by atoms with Gasteiger partial charge in [0.05, 0.1) is 0 Å². The number of hydrogen-bond acceptors (Lipinski definition) is 4. The number of halogens is 1. The van der Waals surface area contributed by atoms with Gasteiger partial charge >= 0.3 is 0 Å². The lowest BCUT2D eigenvalue weighted by Crippen LogP contribution is -2.55. The number of nitrogens with zero attached hydrogens (tertiary/aromatic N) is 3. The van der Waals surface area contributed by atoms with Crippen molar-refractivity contribution < 1.29 is 18.8 Å². The van der Waals surface area contributed by atoms with Crippen LogP contribution >= 0.6 is 0 Å². The number of benzene rings is 1. The number of carbonyl (C=O) groups excluding carboxylic acids is 3. The van der Waals surface area contributed by atoms with Crippen LogP contribution in [0.3, 0.4) is 0 Å². The Balaban J connectivity index is 1.59. The van der Waals surface area contributed by atoms with E-state index in [0.29, 0.717) is 26.2 Å². The highest BCUT2D eigenvalue weighted by Gasteiger charge is 2.38. The molecule has 2 aliphatic heterocycles. The molecule has 7 heteroatoms. The van der Waals surface area contributed by atoms with Crippen LogP contribution < -0.4 is 4.90 Å². The lowest BCUT2D eigenvalue weighted by atomic mass is 10.2. The fraction of sp³-hybridized carbons (Fsp3) is 0.471. The van der Waals surface area contributed by atoms with Gasteiger partial charge in [0, 0.05) is 44.7 Å². The zero-order chi connectivity index (χ0) is 17.3. The Bertz CT molecular complexity index is 638. The first-order valence-corrected chi connectivity index (χ1v) is 8.11. The van der Waals surface area contributed by atoms with E-state index in [4.69, 9.17) is 0 Å². The van der Waals surface area contributed by atoms with Gasteiger partial charge in [0.15, 0.2) is 0 Å². The van der Waals surface area contributed by atoms with E-state index in [2.05, 4.69) is 4.90 Å². The Hall–Kier alpha value is -2.44. The summed E-state index contributed by atoms with van der Waals surface area (Å²) in [4.78, 5) is 41.0. The van der Waals surface area contributed by atoms with E-state index in [1.54, 1.807) is 24.0 Å². The molecule has 1 aromatic carbocycles. The number of carbonyl (C=O) groups is 3. The molecule has 6 nitrogen and oxygen atoms in total. The van der Waals surface area contributed by atoms with Gasteiger partial charge < -0.3 is 9.80 Å². The fourth-order valence-corrected chi connectivity index (χ4v) is 3.24. The second-order valence-electron chi connectivity index (χ2n) is 6.12. The molecule has 1 aromatic rings. The number of hydrogen-bond donors (Lipinski definition) is 0. The zero-order valence-corrected chi connectivity index (χ0v) is 13.6. The van der Waals surface area contributed by atoms with E-state index in [-0.39, 0.29) is 36.4 Å². The van der Waals surface area contributed by atoms with Crippen molar-refractivity contribution in [1.29, 1.82) is 0 Å². The van der Waals surface area contributed by atoms with Crippen molar-refractivity contribution >= 4 is 23.4 Å². The molecule has 0 aliphatic carbocycles. The summed E-state index contributed by atoms with van der Waals surface area (Å²) in [5.74, 6) is -1.02. The number of amides is 3. The second kappa shape index (κ2) is 6.59. The number of piperazine rings is 1. The SMILES string of the molecule is CC(C(=O)N1CCN(c2ccc(F)cc2)CC1)N1C(=O)CCC1=O. The Morgan fingerprint density at radius 2 is 1.54 bits per heavy atom. The largest absolute Gasteiger partial charge is 0.368 e. The van der Waals surface area contributed by atoms with Crippen molar-refractivity contribution in [1.82, 2.24) is 9.80 Å². The van der Waals surface area contributed by atoms with Crippen LogP contribution in [-0.4, -0.2) is 59.7 Å². The zero-order valence-electron chi connectivity index (χ0n) is 13.6. The van der Waals surface area contributed by atoms with Crippen LogP contribution in [0, 0.1) is 5.82 Å². The molecule has 1 unspecified atom stereocenters. The standard InChI is InChI=1S/C17H20FN3O3/c1-12(21-15(22)6-7-16(21)23)17(24)20-10-8-19(9-11-20)14-4-2-13(18)3-5-14/h2-5,12H,6-11H2,1H3. The maximum atomic E-state index is 13.0. The summed E-state index contributed by atoms with van der Waals surface area (Å²) >= 11 is 0. The van der Waals surface area contributed by atoms with Gasteiger partial charge in [0.2, 0.25) is 17.7 Å². The van der Waals surface area contributed by atoms with Gasteiger partial charge in [0.1, 0.15) is 11.9 Å². The molecule has 0 radical (unpaired) electrons. The minimum Gasteiger partial charge on any atom is -0.368 e. The lowest BCUT2D eigenvalue weighted by Gasteiger charge is -2.38.